The number of carbonyl (C=O) groups excluding carboxylic acids is 3. The maximum Gasteiger partial charge on any atom is 0.407 e. The molecule has 2 aromatic rings. The quantitative estimate of drug-likeness (QED) is 0.213. The Balaban J connectivity index is 1.33. The van der Waals surface area contributed by atoms with Crippen molar-refractivity contribution in [1.82, 2.24) is 10.6 Å². The Labute approximate surface area is 257 Å². The van der Waals surface area contributed by atoms with Crippen LogP contribution in [0.2, 0.25) is 0 Å². The highest BCUT2D eigenvalue weighted by molar-refractivity contribution is 7.99. The van der Waals surface area contributed by atoms with Crippen molar-refractivity contribution in [3.8, 4) is 11.1 Å². The average molecular weight is 615 g/mol. The zero-order chi connectivity index (χ0) is 30.8. The second kappa shape index (κ2) is 15.6. The van der Waals surface area contributed by atoms with Crippen LogP contribution in [0.1, 0.15) is 56.6 Å². The lowest BCUT2D eigenvalue weighted by Crippen LogP contribution is -2.59. The number of carbonyl (C=O) groups is 3. The minimum Gasteiger partial charge on any atom is -0.465 e. The Morgan fingerprint density at radius 2 is 1.79 bits per heavy atom. The fourth-order valence-corrected chi connectivity index (χ4v) is 6.38. The van der Waals surface area contributed by atoms with Gasteiger partial charge in [-0.1, -0.05) is 55.5 Å². The number of fused-ring (bicyclic) bond motifs is 3. The van der Waals surface area contributed by atoms with Crippen LogP contribution in [0, 0.1) is 0 Å². The van der Waals surface area contributed by atoms with Crippen LogP contribution in [0.4, 0.5) is 4.79 Å². The van der Waals surface area contributed by atoms with Crippen molar-refractivity contribution in [3.05, 3.63) is 59.7 Å². The number of rotatable bonds is 14. The van der Waals surface area contributed by atoms with Crippen LogP contribution in [-0.4, -0.2) is 85.5 Å². The number of benzene rings is 2. The summed E-state index contributed by atoms with van der Waals surface area (Å²) in [6.45, 7) is 3.82. The molecule has 0 radical (unpaired) electrons. The minimum atomic E-state index is -1.63. The van der Waals surface area contributed by atoms with E-state index in [0.29, 0.717) is 13.0 Å². The van der Waals surface area contributed by atoms with Crippen molar-refractivity contribution >= 4 is 29.7 Å². The van der Waals surface area contributed by atoms with E-state index in [4.69, 9.17) is 18.9 Å². The zero-order valence-electron chi connectivity index (χ0n) is 25.0. The molecule has 0 spiro atoms. The molecule has 4 rings (SSSR count). The Bertz CT molecular complexity index is 1210. The van der Waals surface area contributed by atoms with Crippen LogP contribution in [0.15, 0.2) is 48.5 Å². The molecule has 2 aromatic carbocycles. The topological polar surface area (TPSA) is 132 Å². The van der Waals surface area contributed by atoms with E-state index in [9.17, 15) is 19.5 Å². The first-order chi connectivity index (χ1) is 20.8. The van der Waals surface area contributed by atoms with Crippen molar-refractivity contribution in [2.75, 3.05) is 38.4 Å². The molecular weight excluding hydrogens is 572 g/mol. The molecule has 2 amide bonds. The van der Waals surface area contributed by atoms with Gasteiger partial charge in [0.15, 0.2) is 0 Å². The number of alkyl carbamates (subject to hydrolysis) is 1. The number of hydrogen-bond acceptors (Lipinski definition) is 9. The van der Waals surface area contributed by atoms with E-state index in [1.54, 1.807) is 11.8 Å². The third-order valence-electron chi connectivity index (χ3n) is 7.76. The molecule has 2 aliphatic rings. The third-order valence-corrected chi connectivity index (χ3v) is 8.75. The van der Waals surface area contributed by atoms with Crippen LogP contribution in [0.3, 0.4) is 0 Å². The summed E-state index contributed by atoms with van der Waals surface area (Å²) in [5.41, 5.74) is 4.48. The van der Waals surface area contributed by atoms with E-state index in [-0.39, 0.29) is 37.8 Å². The molecule has 4 atom stereocenters. The van der Waals surface area contributed by atoms with E-state index < -0.39 is 36.1 Å². The number of nitrogens with one attached hydrogen (secondary N) is 2. The predicted octanol–water partition coefficient (Wildman–Crippen LogP) is 3.99. The van der Waals surface area contributed by atoms with Gasteiger partial charge < -0.3 is 34.7 Å². The molecule has 234 valence electrons. The van der Waals surface area contributed by atoms with Gasteiger partial charge in [0.25, 0.3) is 5.79 Å². The third kappa shape index (κ3) is 8.29. The van der Waals surface area contributed by atoms with E-state index in [1.165, 1.54) is 14.0 Å². The number of aliphatic hydroxyl groups is 1. The summed E-state index contributed by atoms with van der Waals surface area (Å²) < 4.78 is 22.7. The molecule has 10 nitrogen and oxygen atoms in total. The summed E-state index contributed by atoms with van der Waals surface area (Å²) in [6, 6.07) is 15.7. The molecule has 43 heavy (non-hydrogen) atoms. The number of aliphatic hydroxyl groups excluding tert-OH is 1. The largest absolute Gasteiger partial charge is 0.465 e. The number of amides is 2. The molecule has 1 aliphatic carbocycles. The van der Waals surface area contributed by atoms with Crippen molar-refractivity contribution in [2.24, 2.45) is 0 Å². The first-order valence-electron chi connectivity index (χ1n) is 14.8. The van der Waals surface area contributed by atoms with E-state index in [2.05, 4.69) is 29.7 Å². The molecular formula is C32H42N2O8S. The summed E-state index contributed by atoms with van der Waals surface area (Å²) in [4.78, 5) is 37.3. The maximum absolute atomic E-state index is 12.8. The Hall–Kier alpha value is -3.12. The lowest BCUT2D eigenvalue weighted by molar-refractivity contribution is -0.284. The number of thioether (sulfide) groups is 1. The van der Waals surface area contributed by atoms with Crippen LogP contribution in [-0.2, 0) is 28.5 Å². The van der Waals surface area contributed by atoms with Gasteiger partial charge in [0.2, 0.25) is 5.91 Å². The molecule has 1 saturated heterocycles. The highest BCUT2D eigenvalue weighted by atomic mass is 32.2. The van der Waals surface area contributed by atoms with E-state index in [1.807, 2.05) is 36.4 Å². The van der Waals surface area contributed by atoms with Crippen LogP contribution < -0.4 is 10.6 Å². The van der Waals surface area contributed by atoms with Gasteiger partial charge in [0.05, 0.1) is 32.0 Å². The van der Waals surface area contributed by atoms with Gasteiger partial charge in [0.1, 0.15) is 6.61 Å². The molecule has 1 heterocycles. The molecule has 1 aliphatic heterocycles. The van der Waals surface area contributed by atoms with Gasteiger partial charge in [-0.2, -0.15) is 11.8 Å². The van der Waals surface area contributed by atoms with E-state index in [0.717, 1.165) is 40.2 Å². The number of esters is 1. The fraction of sp³-hybridized carbons (Fsp3) is 0.531. The standard InChI is InChI=1S/C32H42N2O8S/c1-4-43-17-9-16-41-32(30(37)39-3)15-14-28(34-21(2)35)29(42-32)18-22(36)19-33-31(38)40-20-27-25-12-7-5-10-23(25)24-11-6-8-13-26(24)27/h5-8,10-13,22,27-29,36H,4,9,14-20H2,1-3H3,(H,33,38)(H,34,35). The molecule has 0 bridgehead atoms. The van der Waals surface area contributed by atoms with Gasteiger partial charge in [0, 0.05) is 32.2 Å². The molecule has 11 heteroatoms. The van der Waals surface area contributed by atoms with Crippen LogP contribution in [0.5, 0.6) is 0 Å². The first kappa shape index (κ1) is 32.8. The van der Waals surface area contributed by atoms with Gasteiger partial charge in [-0.3, -0.25) is 4.79 Å². The number of hydrogen-bond donors (Lipinski definition) is 3. The molecule has 1 fully saturated rings. The Kier molecular flexibility index (Phi) is 11.9. The lowest BCUT2D eigenvalue weighted by atomic mass is 9.92. The van der Waals surface area contributed by atoms with Crippen molar-refractivity contribution in [1.29, 1.82) is 0 Å². The smallest absolute Gasteiger partial charge is 0.407 e. The second-order valence-corrected chi connectivity index (χ2v) is 12.1. The summed E-state index contributed by atoms with van der Waals surface area (Å²) in [6.07, 6.45) is -1.13. The van der Waals surface area contributed by atoms with Crippen molar-refractivity contribution < 1.29 is 38.4 Å². The zero-order valence-corrected chi connectivity index (χ0v) is 25.8. The number of methoxy groups -OCH3 is 1. The molecule has 3 N–H and O–H groups in total. The summed E-state index contributed by atoms with van der Waals surface area (Å²) in [5, 5.41) is 16.3. The summed E-state index contributed by atoms with van der Waals surface area (Å²) >= 11 is 1.77. The van der Waals surface area contributed by atoms with Crippen molar-refractivity contribution in [3.63, 3.8) is 0 Å². The van der Waals surface area contributed by atoms with Gasteiger partial charge in [-0.25, -0.2) is 9.59 Å². The molecule has 0 aromatic heterocycles. The maximum atomic E-state index is 12.8. The highest BCUT2D eigenvalue weighted by Crippen LogP contribution is 2.44. The lowest BCUT2D eigenvalue weighted by Gasteiger charge is -2.43. The SMILES string of the molecule is CCSCCCOC1(C(=O)OC)CCC(NC(C)=O)C(CC(O)CNC(=O)OCC2c3ccccc3-c3ccccc32)O1. The van der Waals surface area contributed by atoms with Crippen LogP contribution in [0.25, 0.3) is 11.1 Å². The second-order valence-electron chi connectivity index (χ2n) is 10.7. The summed E-state index contributed by atoms with van der Waals surface area (Å²) in [5.74, 6) is -0.761. The summed E-state index contributed by atoms with van der Waals surface area (Å²) in [7, 11) is 1.27. The highest BCUT2D eigenvalue weighted by Gasteiger charge is 2.50. The normalized spacial score (nSPS) is 21.8. The van der Waals surface area contributed by atoms with Gasteiger partial charge in [-0.05, 0) is 46.6 Å². The first-order valence-corrected chi connectivity index (χ1v) is 15.9. The molecule has 0 saturated carbocycles. The van der Waals surface area contributed by atoms with Crippen LogP contribution >= 0.6 is 11.8 Å². The predicted molar refractivity (Wildman–Crippen MR) is 164 cm³/mol. The number of ether oxygens (including phenoxy) is 4. The van der Waals surface area contributed by atoms with Gasteiger partial charge >= 0.3 is 12.1 Å². The average Bonchev–Trinajstić information content (AvgIpc) is 3.33. The Morgan fingerprint density at radius 1 is 1.12 bits per heavy atom. The fourth-order valence-electron chi connectivity index (χ4n) is 5.77. The monoisotopic (exact) mass is 614 g/mol. The van der Waals surface area contributed by atoms with E-state index >= 15 is 0 Å². The van der Waals surface area contributed by atoms with Gasteiger partial charge in [-0.15, -0.1) is 0 Å². The molecule has 4 unspecified atom stereocenters. The van der Waals surface area contributed by atoms with Crippen molar-refractivity contribution in [2.45, 2.75) is 69.5 Å². The Morgan fingerprint density at radius 3 is 2.42 bits per heavy atom. The minimum absolute atomic E-state index is 0.0302.